The topological polar surface area (TPSA) is 49.8 Å². The van der Waals surface area contributed by atoms with Crippen molar-refractivity contribution in [3.8, 4) is 6.07 Å². The molecule has 76 valence electrons. The number of fused-ring (bicyclic) bond motifs is 3. The Morgan fingerprint density at radius 2 is 1.88 bits per heavy atom. The predicted octanol–water partition coefficient (Wildman–Crippen LogP) is 3.51. The monoisotopic (exact) mass is 224 g/mol. The third-order valence-corrected chi connectivity index (χ3v) is 3.80. The summed E-state index contributed by atoms with van der Waals surface area (Å²) in [6.45, 7) is 0. The minimum absolute atomic E-state index is 0.554. The number of nitrogens with two attached hydrogens (primary N) is 1. The second kappa shape index (κ2) is 3.22. The number of nitrogens with zero attached hydrogens (tertiary/aromatic N) is 1. The van der Waals surface area contributed by atoms with Crippen molar-refractivity contribution in [1.82, 2.24) is 0 Å². The Kier molecular flexibility index (Phi) is 1.85. The van der Waals surface area contributed by atoms with E-state index in [0.717, 1.165) is 10.1 Å². The van der Waals surface area contributed by atoms with E-state index in [2.05, 4.69) is 18.2 Å². The number of rotatable bonds is 0. The Morgan fingerprint density at radius 3 is 2.69 bits per heavy atom. The van der Waals surface area contributed by atoms with Crippen LogP contribution in [0.25, 0.3) is 20.2 Å². The van der Waals surface area contributed by atoms with Crippen LogP contribution in [0.3, 0.4) is 0 Å². The molecule has 16 heavy (non-hydrogen) atoms. The molecule has 3 heteroatoms. The summed E-state index contributed by atoms with van der Waals surface area (Å²) >= 11 is 1.69. The second-order valence-electron chi connectivity index (χ2n) is 3.65. The van der Waals surface area contributed by atoms with E-state index in [1.165, 1.54) is 10.1 Å². The van der Waals surface area contributed by atoms with Crippen LogP contribution in [0.2, 0.25) is 0 Å². The Bertz CT molecular complexity index is 735. The van der Waals surface area contributed by atoms with Crippen LogP contribution in [0.15, 0.2) is 36.4 Å². The lowest BCUT2D eigenvalue weighted by molar-refractivity contribution is 1.50. The molecule has 2 aromatic carbocycles. The molecule has 3 aromatic rings. The lowest BCUT2D eigenvalue weighted by Gasteiger charge is -1.97. The molecule has 0 aliphatic carbocycles. The molecule has 0 atom stereocenters. The van der Waals surface area contributed by atoms with Gasteiger partial charge < -0.3 is 5.73 Å². The van der Waals surface area contributed by atoms with Crippen LogP contribution < -0.4 is 5.73 Å². The van der Waals surface area contributed by atoms with E-state index in [1.54, 1.807) is 11.3 Å². The van der Waals surface area contributed by atoms with Crippen molar-refractivity contribution in [2.24, 2.45) is 0 Å². The molecule has 2 N–H and O–H groups in total. The second-order valence-corrected chi connectivity index (χ2v) is 4.73. The molecule has 0 aliphatic heterocycles. The maximum atomic E-state index is 8.93. The number of thiophene rings is 1. The highest BCUT2D eigenvalue weighted by Gasteiger charge is 2.07. The summed E-state index contributed by atoms with van der Waals surface area (Å²) in [7, 11) is 0. The Morgan fingerprint density at radius 1 is 1.06 bits per heavy atom. The molecule has 1 heterocycles. The minimum atomic E-state index is 0.554. The zero-order valence-electron chi connectivity index (χ0n) is 8.40. The molecule has 0 aliphatic rings. The molecule has 0 saturated heterocycles. The van der Waals surface area contributed by atoms with E-state index in [0.29, 0.717) is 11.3 Å². The molecule has 2 nitrogen and oxygen atoms in total. The highest BCUT2D eigenvalue weighted by atomic mass is 32.1. The third kappa shape index (κ3) is 1.17. The number of nitriles is 1. The molecule has 0 fully saturated rings. The van der Waals surface area contributed by atoms with Gasteiger partial charge >= 0.3 is 0 Å². The summed E-state index contributed by atoms with van der Waals surface area (Å²) in [6.07, 6.45) is 0. The van der Waals surface area contributed by atoms with Gasteiger partial charge in [-0.05, 0) is 18.2 Å². The van der Waals surface area contributed by atoms with Crippen LogP contribution in [0, 0.1) is 11.3 Å². The summed E-state index contributed by atoms with van der Waals surface area (Å²) in [5, 5.41) is 11.3. The lowest BCUT2D eigenvalue weighted by Crippen LogP contribution is -1.88. The van der Waals surface area contributed by atoms with Crippen molar-refractivity contribution in [2.75, 3.05) is 5.73 Å². The molecule has 0 bridgehead atoms. The van der Waals surface area contributed by atoms with E-state index < -0.39 is 0 Å². The Labute approximate surface area is 96.5 Å². The maximum Gasteiger partial charge on any atom is 0.101 e. The Balaban J connectivity index is 2.52. The zero-order chi connectivity index (χ0) is 11.1. The van der Waals surface area contributed by atoms with Gasteiger partial charge in [0.1, 0.15) is 6.07 Å². The van der Waals surface area contributed by atoms with Gasteiger partial charge in [-0.15, -0.1) is 11.3 Å². The predicted molar refractivity (Wildman–Crippen MR) is 68.5 cm³/mol. The van der Waals surface area contributed by atoms with E-state index >= 15 is 0 Å². The molecule has 0 saturated carbocycles. The van der Waals surface area contributed by atoms with Crippen molar-refractivity contribution in [2.45, 2.75) is 0 Å². The van der Waals surface area contributed by atoms with Crippen LogP contribution in [-0.2, 0) is 0 Å². The van der Waals surface area contributed by atoms with Crippen molar-refractivity contribution < 1.29 is 0 Å². The average Bonchev–Trinajstić information content (AvgIpc) is 2.66. The van der Waals surface area contributed by atoms with Crippen LogP contribution in [0.5, 0.6) is 0 Å². The maximum absolute atomic E-state index is 8.93. The lowest BCUT2D eigenvalue weighted by atomic mass is 10.1. The Hall–Kier alpha value is -2.05. The fraction of sp³-hybridized carbons (Fsp3) is 0. The van der Waals surface area contributed by atoms with Crippen LogP contribution >= 0.6 is 11.3 Å². The number of nitrogen functional groups attached to an aromatic ring is 1. The van der Waals surface area contributed by atoms with Gasteiger partial charge in [0, 0.05) is 20.2 Å². The van der Waals surface area contributed by atoms with E-state index in [9.17, 15) is 0 Å². The third-order valence-electron chi connectivity index (χ3n) is 2.67. The normalized spacial score (nSPS) is 10.7. The first-order valence-corrected chi connectivity index (χ1v) is 5.72. The SMILES string of the molecule is N#Cc1cc2sc3ccccc3c2cc1N. The highest BCUT2D eigenvalue weighted by molar-refractivity contribution is 7.25. The summed E-state index contributed by atoms with van der Waals surface area (Å²) in [4.78, 5) is 0. The molecule has 1 aromatic heterocycles. The van der Waals surface area contributed by atoms with Gasteiger partial charge in [0.15, 0.2) is 0 Å². The number of hydrogen-bond donors (Lipinski definition) is 1. The van der Waals surface area contributed by atoms with Gasteiger partial charge in [-0.2, -0.15) is 5.26 Å². The highest BCUT2D eigenvalue weighted by Crippen LogP contribution is 2.35. The van der Waals surface area contributed by atoms with E-state index in [1.807, 2.05) is 24.3 Å². The number of anilines is 1. The fourth-order valence-corrected chi connectivity index (χ4v) is 3.01. The van der Waals surface area contributed by atoms with Crippen molar-refractivity contribution in [3.63, 3.8) is 0 Å². The summed E-state index contributed by atoms with van der Waals surface area (Å²) < 4.78 is 2.35. The summed E-state index contributed by atoms with van der Waals surface area (Å²) in [5.41, 5.74) is 6.94. The van der Waals surface area contributed by atoms with Gasteiger partial charge in [0.05, 0.1) is 11.3 Å². The van der Waals surface area contributed by atoms with Gasteiger partial charge in [-0.3, -0.25) is 0 Å². The van der Waals surface area contributed by atoms with Crippen molar-refractivity contribution in [1.29, 1.82) is 5.26 Å². The van der Waals surface area contributed by atoms with Crippen molar-refractivity contribution in [3.05, 3.63) is 42.0 Å². The largest absolute Gasteiger partial charge is 0.398 e. The van der Waals surface area contributed by atoms with Gasteiger partial charge in [0.25, 0.3) is 0 Å². The molecule has 0 spiro atoms. The zero-order valence-corrected chi connectivity index (χ0v) is 9.21. The molecular weight excluding hydrogens is 216 g/mol. The van der Waals surface area contributed by atoms with Crippen molar-refractivity contribution >= 4 is 37.2 Å². The smallest absolute Gasteiger partial charge is 0.101 e. The van der Waals surface area contributed by atoms with Gasteiger partial charge in [0.2, 0.25) is 0 Å². The standard InChI is InChI=1S/C13H8N2S/c14-7-8-5-13-10(6-11(8)15)9-3-1-2-4-12(9)16-13/h1-6H,15H2. The van der Waals surface area contributed by atoms with Gasteiger partial charge in [-0.1, -0.05) is 18.2 Å². The fourth-order valence-electron chi connectivity index (χ4n) is 1.88. The van der Waals surface area contributed by atoms with Gasteiger partial charge in [-0.25, -0.2) is 0 Å². The molecular formula is C13H8N2S. The molecule has 0 unspecified atom stereocenters. The quantitative estimate of drug-likeness (QED) is 0.594. The van der Waals surface area contributed by atoms with E-state index in [-0.39, 0.29) is 0 Å². The average molecular weight is 224 g/mol. The first-order chi connectivity index (χ1) is 7.79. The number of benzene rings is 2. The molecule has 3 rings (SSSR count). The summed E-state index contributed by atoms with van der Waals surface area (Å²) in [5.74, 6) is 0. The van der Waals surface area contributed by atoms with E-state index in [4.69, 9.17) is 11.0 Å². The first-order valence-electron chi connectivity index (χ1n) is 4.90. The molecule has 0 amide bonds. The first kappa shape index (κ1) is 9.20. The van der Waals surface area contributed by atoms with Crippen LogP contribution in [-0.4, -0.2) is 0 Å². The van der Waals surface area contributed by atoms with Crippen LogP contribution in [0.4, 0.5) is 5.69 Å². The van der Waals surface area contributed by atoms with Crippen LogP contribution in [0.1, 0.15) is 5.56 Å². The minimum Gasteiger partial charge on any atom is -0.398 e. The molecule has 0 radical (unpaired) electrons. The number of hydrogen-bond acceptors (Lipinski definition) is 3. The summed E-state index contributed by atoms with van der Waals surface area (Å²) in [6, 6.07) is 14.1.